The molecule has 35 heavy (non-hydrogen) atoms. The number of ketones is 1. The average molecular weight is 494 g/mol. The Bertz CT molecular complexity index is 1300. The van der Waals surface area contributed by atoms with Gasteiger partial charge in [0.2, 0.25) is 0 Å². The average Bonchev–Trinajstić information content (AvgIpc) is 3.14. The van der Waals surface area contributed by atoms with Crippen molar-refractivity contribution in [3.05, 3.63) is 88.5 Å². The van der Waals surface area contributed by atoms with E-state index in [9.17, 15) is 14.7 Å². The number of benzene rings is 3. The number of ether oxygens (including phenoxy) is 3. The summed E-state index contributed by atoms with van der Waals surface area (Å²) in [5, 5.41) is 11.8. The third-order valence-electron chi connectivity index (χ3n) is 5.70. The molecular weight excluding hydrogens is 470 g/mol. The van der Waals surface area contributed by atoms with E-state index in [0.717, 1.165) is 0 Å². The summed E-state index contributed by atoms with van der Waals surface area (Å²) in [7, 11) is 2.94. The van der Waals surface area contributed by atoms with Gasteiger partial charge in [-0.15, -0.1) is 0 Å². The molecule has 3 aromatic carbocycles. The Kier molecular flexibility index (Phi) is 6.98. The van der Waals surface area contributed by atoms with Crippen molar-refractivity contribution in [1.82, 2.24) is 0 Å². The molecule has 8 heteroatoms. The second-order valence-corrected chi connectivity index (χ2v) is 8.15. The summed E-state index contributed by atoms with van der Waals surface area (Å²) in [6, 6.07) is 17.6. The van der Waals surface area contributed by atoms with Crippen LogP contribution >= 0.6 is 11.6 Å². The maximum atomic E-state index is 13.4. The number of carbonyl (C=O) groups is 2. The zero-order valence-electron chi connectivity index (χ0n) is 19.4. The summed E-state index contributed by atoms with van der Waals surface area (Å²) in [6.07, 6.45) is 0. The van der Waals surface area contributed by atoms with E-state index in [4.69, 9.17) is 25.8 Å². The summed E-state index contributed by atoms with van der Waals surface area (Å²) in [5.74, 6) is -0.564. The molecule has 3 aromatic rings. The summed E-state index contributed by atoms with van der Waals surface area (Å²) >= 11 is 6.19. The van der Waals surface area contributed by atoms with Crippen molar-refractivity contribution in [3.8, 4) is 17.2 Å². The highest BCUT2D eigenvalue weighted by molar-refractivity contribution is 6.51. The molecule has 1 fully saturated rings. The Balaban J connectivity index is 1.96. The first-order chi connectivity index (χ1) is 16.9. The largest absolute Gasteiger partial charge is 0.507 e. The fraction of sp³-hybridized carbons (Fsp3) is 0.185. The molecule has 0 bridgehead atoms. The van der Waals surface area contributed by atoms with E-state index in [1.807, 2.05) is 6.92 Å². The number of hydrogen-bond acceptors (Lipinski definition) is 6. The third kappa shape index (κ3) is 4.55. The van der Waals surface area contributed by atoms with Gasteiger partial charge in [0.15, 0.2) is 0 Å². The van der Waals surface area contributed by atoms with Crippen molar-refractivity contribution in [2.24, 2.45) is 0 Å². The van der Waals surface area contributed by atoms with E-state index in [2.05, 4.69) is 0 Å². The molecule has 1 aliphatic rings. The summed E-state index contributed by atoms with van der Waals surface area (Å²) in [6.45, 7) is 2.37. The molecule has 0 aromatic heterocycles. The predicted octanol–water partition coefficient (Wildman–Crippen LogP) is 5.38. The van der Waals surface area contributed by atoms with Crippen LogP contribution in [0.1, 0.15) is 24.1 Å². The van der Waals surface area contributed by atoms with Crippen LogP contribution in [0.25, 0.3) is 5.76 Å². The Hall–Kier alpha value is -3.97. The quantitative estimate of drug-likeness (QED) is 0.270. The first kappa shape index (κ1) is 24.2. The number of nitrogens with zero attached hydrogens (tertiary/aromatic N) is 1. The van der Waals surface area contributed by atoms with Gasteiger partial charge in [0.25, 0.3) is 11.7 Å². The van der Waals surface area contributed by atoms with Crippen LogP contribution in [0.4, 0.5) is 5.69 Å². The zero-order valence-corrected chi connectivity index (χ0v) is 20.2. The van der Waals surface area contributed by atoms with E-state index < -0.39 is 17.7 Å². The van der Waals surface area contributed by atoms with Gasteiger partial charge in [-0.25, -0.2) is 0 Å². The molecule has 0 spiro atoms. The van der Waals surface area contributed by atoms with Crippen LogP contribution in [0.2, 0.25) is 5.02 Å². The Morgan fingerprint density at radius 1 is 0.971 bits per heavy atom. The molecule has 1 aliphatic heterocycles. The minimum atomic E-state index is -0.917. The van der Waals surface area contributed by atoms with Crippen molar-refractivity contribution >= 4 is 34.7 Å². The molecule has 1 atom stereocenters. The van der Waals surface area contributed by atoms with Gasteiger partial charge in [0.1, 0.15) is 23.0 Å². The first-order valence-corrected chi connectivity index (χ1v) is 11.3. The smallest absolute Gasteiger partial charge is 0.300 e. The summed E-state index contributed by atoms with van der Waals surface area (Å²) in [4.78, 5) is 28.0. The first-order valence-electron chi connectivity index (χ1n) is 10.9. The van der Waals surface area contributed by atoms with Crippen LogP contribution < -0.4 is 19.1 Å². The monoisotopic (exact) mass is 493 g/mol. The molecule has 0 radical (unpaired) electrons. The van der Waals surface area contributed by atoms with Crippen molar-refractivity contribution in [1.29, 1.82) is 0 Å². The molecule has 1 saturated heterocycles. The van der Waals surface area contributed by atoms with E-state index in [1.165, 1.54) is 19.1 Å². The number of amides is 1. The number of halogens is 1. The van der Waals surface area contributed by atoms with Gasteiger partial charge in [-0.2, -0.15) is 0 Å². The molecule has 0 saturated carbocycles. The molecule has 1 N–H and O–H groups in total. The molecule has 7 nitrogen and oxygen atoms in total. The molecule has 1 heterocycles. The van der Waals surface area contributed by atoms with Gasteiger partial charge in [-0.05, 0) is 61.0 Å². The van der Waals surface area contributed by atoms with Gasteiger partial charge in [-0.1, -0.05) is 29.8 Å². The molecule has 1 amide bonds. The lowest BCUT2D eigenvalue weighted by atomic mass is 9.94. The van der Waals surface area contributed by atoms with Crippen molar-refractivity contribution in [2.75, 3.05) is 25.7 Å². The van der Waals surface area contributed by atoms with Crippen LogP contribution in [0.3, 0.4) is 0 Å². The maximum absolute atomic E-state index is 13.4. The van der Waals surface area contributed by atoms with Gasteiger partial charge < -0.3 is 19.3 Å². The van der Waals surface area contributed by atoms with E-state index in [-0.39, 0.29) is 16.9 Å². The zero-order chi connectivity index (χ0) is 25.1. The lowest BCUT2D eigenvalue weighted by Crippen LogP contribution is -2.29. The van der Waals surface area contributed by atoms with Crippen molar-refractivity contribution < 1.29 is 28.9 Å². The van der Waals surface area contributed by atoms with Crippen LogP contribution in [-0.4, -0.2) is 37.6 Å². The number of anilines is 1. The number of rotatable bonds is 7. The Labute approximate surface area is 208 Å². The molecule has 180 valence electrons. The fourth-order valence-corrected chi connectivity index (χ4v) is 4.28. The maximum Gasteiger partial charge on any atom is 0.300 e. The van der Waals surface area contributed by atoms with Gasteiger partial charge in [-0.3, -0.25) is 14.5 Å². The van der Waals surface area contributed by atoms with E-state index >= 15 is 0 Å². The van der Waals surface area contributed by atoms with Gasteiger partial charge in [0.05, 0.1) is 38.0 Å². The van der Waals surface area contributed by atoms with Crippen molar-refractivity contribution in [2.45, 2.75) is 13.0 Å². The van der Waals surface area contributed by atoms with Gasteiger partial charge in [0, 0.05) is 10.7 Å². The van der Waals surface area contributed by atoms with E-state index in [1.54, 1.807) is 66.7 Å². The number of methoxy groups -OCH3 is 2. The van der Waals surface area contributed by atoms with Gasteiger partial charge >= 0.3 is 0 Å². The second-order valence-electron chi connectivity index (χ2n) is 7.72. The number of carbonyl (C=O) groups excluding carboxylic acids is 2. The minimum absolute atomic E-state index is 0.0781. The van der Waals surface area contributed by atoms with Crippen LogP contribution in [0.15, 0.2) is 72.3 Å². The van der Waals surface area contributed by atoms with Crippen LogP contribution in [0, 0.1) is 0 Å². The number of aliphatic hydroxyl groups excluding tert-OH is 1. The Morgan fingerprint density at radius 2 is 1.69 bits per heavy atom. The highest BCUT2D eigenvalue weighted by Gasteiger charge is 2.47. The fourth-order valence-electron chi connectivity index (χ4n) is 4.10. The lowest BCUT2D eigenvalue weighted by molar-refractivity contribution is -0.132. The highest BCUT2D eigenvalue weighted by Crippen LogP contribution is 2.44. The molecular formula is C27H24ClNO6. The summed E-state index contributed by atoms with van der Waals surface area (Å²) in [5.41, 5.74) is 1.18. The topological polar surface area (TPSA) is 85.3 Å². The SMILES string of the molecule is CCOc1ccc(C2/C(=C(\O)c3cc(OC)ccc3OC)C(=O)C(=O)N2c2cccc(Cl)c2)cc1. The second kappa shape index (κ2) is 10.1. The third-order valence-corrected chi connectivity index (χ3v) is 5.93. The molecule has 4 rings (SSSR count). The number of hydrogen-bond donors (Lipinski definition) is 1. The number of Topliss-reactive ketones (excluding diaryl/α,β-unsaturated/α-hetero) is 1. The van der Waals surface area contributed by atoms with Crippen LogP contribution in [-0.2, 0) is 9.59 Å². The predicted molar refractivity (Wildman–Crippen MR) is 133 cm³/mol. The molecule has 1 unspecified atom stereocenters. The normalized spacial score (nSPS) is 16.9. The van der Waals surface area contributed by atoms with E-state index in [0.29, 0.717) is 40.1 Å². The highest BCUT2D eigenvalue weighted by atomic mass is 35.5. The van der Waals surface area contributed by atoms with Crippen LogP contribution in [0.5, 0.6) is 17.2 Å². The Morgan fingerprint density at radius 3 is 2.31 bits per heavy atom. The lowest BCUT2D eigenvalue weighted by Gasteiger charge is -2.26. The minimum Gasteiger partial charge on any atom is -0.507 e. The standard InChI is InChI=1S/C27H24ClNO6/c1-4-35-19-10-8-16(9-11-19)24-23(25(30)21-15-20(33-2)12-13-22(21)34-3)26(31)27(32)29(24)18-7-5-6-17(28)14-18/h5-15,24,30H,4H2,1-3H3/b25-23+. The number of aliphatic hydroxyl groups is 1. The summed E-state index contributed by atoms with van der Waals surface area (Å²) < 4.78 is 16.2. The molecule has 0 aliphatic carbocycles. The van der Waals surface area contributed by atoms with Crippen molar-refractivity contribution in [3.63, 3.8) is 0 Å².